The van der Waals surface area contributed by atoms with Crippen LogP contribution < -0.4 is 9.47 Å². The summed E-state index contributed by atoms with van der Waals surface area (Å²) < 4.78 is 10.8. The zero-order valence-electron chi connectivity index (χ0n) is 16.8. The molecule has 4 saturated heterocycles. The van der Waals surface area contributed by atoms with Crippen molar-refractivity contribution in [3.05, 3.63) is 53.9 Å². The molecule has 0 amide bonds. The van der Waals surface area contributed by atoms with Crippen molar-refractivity contribution in [1.29, 1.82) is 0 Å². The van der Waals surface area contributed by atoms with E-state index in [0.29, 0.717) is 18.0 Å². The van der Waals surface area contributed by atoms with Crippen LogP contribution in [0.5, 0.6) is 11.5 Å². The van der Waals surface area contributed by atoms with Crippen LogP contribution in [0.25, 0.3) is 0 Å². The summed E-state index contributed by atoms with van der Waals surface area (Å²) in [6.45, 7) is 4.50. The van der Waals surface area contributed by atoms with Crippen LogP contribution >= 0.6 is 0 Å². The molecule has 5 heteroatoms. The Kier molecular flexibility index (Phi) is 4.73. The average molecular weight is 380 g/mol. The van der Waals surface area contributed by atoms with Crippen molar-refractivity contribution in [1.82, 2.24) is 14.8 Å². The van der Waals surface area contributed by atoms with Crippen LogP contribution in [0.2, 0.25) is 0 Å². The lowest BCUT2D eigenvalue weighted by Gasteiger charge is -2.51. The molecule has 1 aromatic heterocycles. The summed E-state index contributed by atoms with van der Waals surface area (Å²) in [5.41, 5.74) is 2.54. The molecule has 2 bridgehead atoms. The van der Waals surface area contributed by atoms with Crippen molar-refractivity contribution in [3.63, 3.8) is 0 Å². The van der Waals surface area contributed by atoms with Gasteiger partial charge in [-0.15, -0.1) is 0 Å². The fraction of sp³-hybridized carbons (Fsp3) is 0.522. The fourth-order valence-electron chi connectivity index (χ4n) is 5.74. The number of piperidine rings is 3. The smallest absolute Gasteiger partial charge is 0.122 e. The maximum atomic E-state index is 5.41. The van der Waals surface area contributed by atoms with Crippen LogP contribution in [0, 0.1) is 5.92 Å². The zero-order valence-corrected chi connectivity index (χ0v) is 16.8. The van der Waals surface area contributed by atoms with E-state index in [4.69, 9.17) is 9.47 Å². The highest BCUT2D eigenvalue weighted by molar-refractivity contribution is 5.33. The number of hydrogen-bond donors (Lipinski definition) is 0. The Bertz CT molecular complexity index is 817. The molecule has 4 fully saturated rings. The van der Waals surface area contributed by atoms with Crippen molar-refractivity contribution in [2.45, 2.75) is 37.4 Å². The Balaban J connectivity index is 1.44. The summed E-state index contributed by atoms with van der Waals surface area (Å²) in [4.78, 5) is 10.1. The normalized spacial score (nSPS) is 31.6. The maximum Gasteiger partial charge on any atom is 0.122 e. The van der Waals surface area contributed by atoms with Gasteiger partial charge < -0.3 is 9.47 Å². The number of aromatic nitrogens is 1. The number of rotatable bonds is 5. The summed E-state index contributed by atoms with van der Waals surface area (Å²) in [6.07, 6.45) is 4.52. The van der Waals surface area contributed by atoms with Gasteiger partial charge in [-0.3, -0.25) is 14.8 Å². The number of benzene rings is 1. The van der Waals surface area contributed by atoms with Gasteiger partial charge in [0.15, 0.2) is 0 Å². The van der Waals surface area contributed by atoms with E-state index in [1.54, 1.807) is 14.2 Å². The van der Waals surface area contributed by atoms with Crippen LogP contribution in [0.3, 0.4) is 0 Å². The molecule has 1 aromatic carbocycles. The molecule has 0 aliphatic carbocycles. The first-order valence-electron chi connectivity index (χ1n) is 10.4. The van der Waals surface area contributed by atoms with Crippen molar-refractivity contribution >= 4 is 0 Å². The predicted molar refractivity (Wildman–Crippen MR) is 109 cm³/mol. The van der Waals surface area contributed by atoms with E-state index in [-0.39, 0.29) is 0 Å². The number of nitrogens with zero attached hydrogens (tertiary/aromatic N) is 3. The molecule has 0 unspecified atom stereocenters. The minimum Gasteiger partial charge on any atom is -0.497 e. The Labute approximate surface area is 167 Å². The van der Waals surface area contributed by atoms with Crippen molar-refractivity contribution in [2.75, 3.05) is 33.9 Å². The average Bonchev–Trinajstić information content (AvgIpc) is 3.16. The fourth-order valence-corrected chi connectivity index (χ4v) is 5.74. The van der Waals surface area contributed by atoms with Gasteiger partial charge in [0, 0.05) is 43.4 Å². The van der Waals surface area contributed by atoms with Gasteiger partial charge in [-0.1, -0.05) is 12.1 Å². The molecule has 4 aliphatic rings. The molecular formula is C23H29N3O2. The second-order valence-electron chi connectivity index (χ2n) is 8.35. The van der Waals surface area contributed by atoms with E-state index < -0.39 is 0 Å². The van der Waals surface area contributed by atoms with Gasteiger partial charge >= 0.3 is 0 Å². The SMILES string of the molecule is COc1ccc([C@@H]2CN(Cc3cc(OC)ccn3)[C@@H]3C4CCN(CC4)[C@@H]32)cc1. The predicted octanol–water partition coefficient (Wildman–Crippen LogP) is 3.16. The van der Waals surface area contributed by atoms with Gasteiger partial charge in [-0.2, -0.15) is 0 Å². The number of likely N-dealkylation sites (tertiary alicyclic amines) is 1. The van der Waals surface area contributed by atoms with E-state index in [9.17, 15) is 0 Å². The quantitative estimate of drug-likeness (QED) is 0.798. The topological polar surface area (TPSA) is 37.8 Å². The summed E-state index contributed by atoms with van der Waals surface area (Å²) >= 11 is 0. The minimum atomic E-state index is 0.546. The number of methoxy groups -OCH3 is 2. The molecule has 0 radical (unpaired) electrons. The summed E-state index contributed by atoms with van der Waals surface area (Å²) in [5.74, 6) is 3.18. The van der Waals surface area contributed by atoms with E-state index in [0.717, 1.165) is 36.2 Å². The van der Waals surface area contributed by atoms with Gasteiger partial charge in [0.1, 0.15) is 11.5 Å². The minimum absolute atomic E-state index is 0.546. The Morgan fingerprint density at radius 2 is 1.71 bits per heavy atom. The highest BCUT2D eigenvalue weighted by Crippen LogP contribution is 2.47. The van der Waals surface area contributed by atoms with Gasteiger partial charge in [0.2, 0.25) is 0 Å². The summed E-state index contributed by atoms with van der Waals surface area (Å²) in [7, 11) is 3.45. The third kappa shape index (κ3) is 3.07. The highest BCUT2D eigenvalue weighted by Gasteiger charge is 2.53. The first kappa shape index (κ1) is 18.0. The van der Waals surface area contributed by atoms with Gasteiger partial charge in [-0.05, 0) is 55.6 Å². The first-order valence-corrected chi connectivity index (χ1v) is 10.4. The lowest BCUT2D eigenvalue weighted by molar-refractivity contribution is -0.00899. The Hall–Kier alpha value is -2.11. The van der Waals surface area contributed by atoms with Crippen LogP contribution in [0.1, 0.15) is 30.0 Å². The summed E-state index contributed by atoms with van der Waals surface area (Å²) in [6, 6.07) is 14.0. The maximum absolute atomic E-state index is 5.41. The third-order valence-electron chi connectivity index (χ3n) is 7.03. The monoisotopic (exact) mass is 379 g/mol. The largest absolute Gasteiger partial charge is 0.497 e. The number of pyridine rings is 1. The lowest BCUT2D eigenvalue weighted by atomic mass is 9.75. The van der Waals surface area contributed by atoms with Gasteiger partial charge in [0.25, 0.3) is 0 Å². The molecule has 2 aromatic rings. The van der Waals surface area contributed by atoms with E-state index in [1.165, 1.54) is 31.5 Å². The standard InChI is InChI=1S/C23H29N3O2/c1-27-19-5-3-16(4-6-19)21-15-26(14-18-13-20(28-2)7-10-24-18)22-17-8-11-25(12-9-17)23(21)22/h3-7,10,13,17,21-23H,8-9,11-12,14-15H2,1-2H3/t21-,22+,23+/m0/s1. The Morgan fingerprint density at radius 3 is 2.43 bits per heavy atom. The molecule has 0 spiro atoms. The van der Waals surface area contributed by atoms with Crippen molar-refractivity contribution < 1.29 is 9.47 Å². The van der Waals surface area contributed by atoms with Gasteiger partial charge in [-0.25, -0.2) is 0 Å². The summed E-state index contributed by atoms with van der Waals surface area (Å²) in [5, 5.41) is 0. The van der Waals surface area contributed by atoms with Crippen LogP contribution in [0.4, 0.5) is 0 Å². The van der Waals surface area contributed by atoms with E-state index in [2.05, 4.69) is 45.1 Å². The molecule has 0 N–H and O–H groups in total. The third-order valence-corrected chi connectivity index (χ3v) is 7.03. The molecule has 148 valence electrons. The molecule has 0 saturated carbocycles. The molecule has 5 heterocycles. The molecule has 6 rings (SSSR count). The number of ether oxygens (including phenoxy) is 2. The Morgan fingerprint density at radius 1 is 0.964 bits per heavy atom. The van der Waals surface area contributed by atoms with Crippen molar-refractivity contribution in [3.8, 4) is 11.5 Å². The van der Waals surface area contributed by atoms with Crippen LogP contribution in [-0.4, -0.2) is 60.7 Å². The highest BCUT2D eigenvalue weighted by atomic mass is 16.5. The van der Waals surface area contributed by atoms with E-state index >= 15 is 0 Å². The molecule has 5 nitrogen and oxygen atoms in total. The molecule has 4 aliphatic heterocycles. The zero-order chi connectivity index (χ0) is 19.1. The van der Waals surface area contributed by atoms with Crippen molar-refractivity contribution in [2.24, 2.45) is 5.92 Å². The van der Waals surface area contributed by atoms with Crippen LogP contribution in [-0.2, 0) is 6.54 Å². The second kappa shape index (κ2) is 7.37. The lowest BCUT2D eigenvalue weighted by Crippen LogP contribution is -2.60. The molecule has 3 atom stereocenters. The molecule has 28 heavy (non-hydrogen) atoms. The molecular weight excluding hydrogens is 350 g/mol. The van der Waals surface area contributed by atoms with Crippen LogP contribution in [0.15, 0.2) is 42.6 Å². The second-order valence-corrected chi connectivity index (χ2v) is 8.35. The number of fused-ring (bicyclic) bond motifs is 2. The first-order chi connectivity index (χ1) is 13.8. The number of hydrogen-bond acceptors (Lipinski definition) is 5. The van der Waals surface area contributed by atoms with Gasteiger partial charge in [0.05, 0.1) is 19.9 Å². The van der Waals surface area contributed by atoms with E-state index in [1.807, 2.05) is 12.3 Å².